The second-order valence-corrected chi connectivity index (χ2v) is 5.28. The standard InChI is InChI=1S/C13H13F6N3O/c14-12(15,16)9-3-1-7(5-21-9)11(23)22-6-8(20)2-4-10(22)13(17,18)19/h1,3,5,8,10H,2,4,6,20H2. The molecule has 0 saturated carbocycles. The van der Waals surface area contributed by atoms with Crippen LogP contribution in [-0.2, 0) is 6.18 Å². The number of hydrogen-bond acceptors (Lipinski definition) is 3. The van der Waals surface area contributed by atoms with Gasteiger partial charge in [0.05, 0.1) is 5.56 Å². The molecule has 1 saturated heterocycles. The van der Waals surface area contributed by atoms with Crippen molar-refractivity contribution in [1.29, 1.82) is 0 Å². The van der Waals surface area contributed by atoms with Crippen molar-refractivity contribution < 1.29 is 31.1 Å². The van der Waals surface area contributed by atoms with Crippen molar-refractivity contribution in [1.82, 2.24) is 9.88 Å². The predicted molar refractivity (Wildman–Crippen MR) is 67.3 cm³/mol. The third-order valence-electron chi connectivity index (χ3n) is 3.56. The van der Waals surface area contributed by atoms with E-state index in [1.54, 1.807) is 0 Å². The first-order valence-corrected chi connectivity index (χ1v) is 6.66. The van der Waals surface area contributed by atoms with Crippen LogP contribution in [-0.4, -0.2) is 40.6 Å². The Morgan fingerprint density at radius 1 is 1.17 bits per heavy atom. The summed E-state index contributed by atoms with van der Waals surface area (Å²) in [6.45, 7) is -0.315. The molecule has 128 valence electrons. The number of halogens is 6. The summed E-state index contributed by atoms with van der Waals surface area (Å²) in [6.07, 6.45) is -8.93. The minimum atomic E-state index is -4.69. The summed E-state index contributed by atoms with van der Waals surface area (Å²) in [5.74, 6) is -1.04. The summed E-state index contributed by atoms with van der Waals surface area (Å²) in [4.78, 5) is 15.9. The Morgan fingerprint density at radius 2 is 1.83 bits per heavy atom. The Labute approximate surface area is 127 Å². The average molecular weight is 341 g/mol. The zero-order chi connectivity index (χ0) is 17.4. The lowest BCUT2D eigenvalue weighted by molar-refractivity contribution is -0.184. The minimum absolute atomic E-state index is 0.110. The molecule has 0 aliphatic carbocycles. The van der Waals surface area contributed by atoms with Crippen molar-refractivity contribution in [3.8, 4) is 0 Å². The molecule has 0 radical (unpaired) electrons. The number of hydrogen-bond donors (Lipinski definition) is 1. The van der Waals surface area contributed by atoms with Gasteiger partial charge in [0.15, 0.2) is 0 Å². The molecule has 23 heavy (non-hydrogen) atoms. The molecular formula is C13H13F6N3O. The predicted octanol–water partition coefficient (Wildman–Crippen LogP) is 2.59. The van der Waals surface area contributed by atoms with E-state index in [9.17, 15) is 31.1 Å². The molecule has 2 atom stereocenters. The first-order chi connectivity index (χ1) is 10.5. The van der Waals surface area contributed by atoms with E-state index in [4.69, 9.17) is 5.73 Å². The van der Waals surface area contributed by atoms with Crippen LogP contribution in [0.25, 0.3) is 0 Å². The van der Waals surface area contributed by atoms with Crippen molar-refractivity contribution >= 4 is 5.91 Å². The Morgan fingerprint density at radius 3 is 2.30 bits per heavy atom. The van der Waals surface area contributed by atoms with Gasteiger partial charge in [0.2, 0.25) is 0 Å². The number of likely N-dealkylation sites (tertiary alicyclic amines) is 1. The summed E-state index contributed by atoms with van der Waals surface area (Å²) < 4.78 is 76.3. The molecule has 1 aromatic heterocycles. The number of carbonyl (C=O) groups is 1. The fourth-order valence-corrected chi connectivity index (χ4v) is 2.42. The number of amides is 1. The number of piperidine rings is 1. The fraction of sp³-hybridized carbons (Fsp3) is 0.538. The highest BCUT2D eigenvalue weighted by Gasteiger charge is 2.47. The first-order valence-electron chi connectivity index (χ1n) is 6.66. The van der Waals surface area contributed by atoms with Gasteiger partial charge in [0, 0.05) is 18.8 Å². The molecule has 10 heteroatoms. The molecule has 1 aliphatic heterocycles. The van der Waals surface area contributed by atoms with Crippen molar-refractivity contribution in [3.05, 3.63) is 29.6 Å². The summed E-state index contributed by atoms with van der Waals surface area (Å²) >= 11 is 0. The van der Waals surface area contributed by atoms with Crippen LogP contribution < -0.4 is 5.73 Å². The molecular weight excluding hydrogens is 328 g/mol. The fourth-order valence-electron chi connectivity index (χ4n) is 2.42. The van der Waals surface area contributed by atoms with E-state index in [1.807, 2.05) is 0 Å². The van der Waals surface area contributed by atoms with Crippen LogP contribution in [0.1, 0.15) is 28.9 Å². The van der Waals surface area contributed by atoms with E-state index in [-0.39, 0.29) is 24.9 Å². The van der Waals surface area contributed by atoms with Crippen LogP contribution in [0.15, 0.2) is 18.3 Å². The quantitative estimate of drug-likeness (QED) is 0.799. The summed E-state index contributed by atoms with van der Waals surface area (Å²) in [6, 6.07) is -1.25. The van der Waals surface area contributed by atoms with Gasteiger partial charge in [-0.2, -0.15) is 26.3 Å². The van der Waals surface area contributed by atoms with Gasteiger partial charge < -0.3 is 10.6 Å². The van der Waals surface area contributed by atoms with Crippen molar-refractivity contribution in [2.45, 2.75) is 37.3 Å². The Hall–Kier alpha value is -1.84. The Balaban J connectivity index is 2.26. The maximum Gasteiger partial charge on any atom is 0.433 e. The number of nitrogens with two attached hydrogens (primary N) is 1. The largest absolute Gasteiger partial charge is 0.433 e. The van der Waals surface area contributed by atoms with Gasteiger partial charge in [-0.05, 0) is 25.0 Å². The molecule has 1 aromatic rings. The SMILES string of the molecule is NC1CCC(C(F)(F)F)N(C(=O)c2ccc(C(F)(F)F)nc2)C1. The highest BCUT2D eigenvalue weighted by atomic mass is 19.4. The van der Waals surface area contributed by atoms with Gasteiger partial charge in [-0.25, -0.2) is 0 Å². The molecule has 1 amide bonds. The van der Waals surface area contributed by atoms with Crippen LogP contribution in [0.3, 0.4) is 0 Å². The smallest absolute Gasteiger partial charge is 0.326 e. The number of alkyl halides is 6. The molecule has 0 spiro atoms. The number of rotatable bonds is 1. The van der Waals surface area contributed by atoms with Gasteiger partial charge in [0.25, 0.3) is 5.91 Å². The van der Waals surface area contributed by atoms with Crippen LogP contribution in [0, 0.1) is 0 Å². The first kappa shape index (κ1) is 17.5. The molecule has 2 unspecified atom stereocenters. The van der Waals surface area contributed by atoms with Crippen molar-refractivity contribution in [2.75, 3.05) is 6.54 Å². The molecule has 0 aromatic carbocycles. The monoisotopic (exact) mass is 341 g/mol. The lowest BCUT2D eigenvalue weighted by Gasteiger charge is -2.39. The Bertz CT molecular complexity index is 569. The van der Waals surface area contributed by atoms with E-state index in [2.05, 4.69) is 4.98 Å². The third-order valence-corrected chi connectivity index (χ3v) is 3.56. The average Bonchev–Trinajstić information content (AvgIpc) is 2.44. The molecule has 2 rings (SSSR count). The maximum absolute atomic E-state index is 13.0. The van der Waals surface area contributed by atoms with Crippen LogP contribution in [0.4, 0.5) is 26.3 Å². The molecule has 2 heterocycles. The van der Waals surface area contributed by atoms with Gasteiger partial charge in [-0.3, -0.25) is 9.78 Å². The van der Waals surface area contributed by atoms with Gasteiger partial charge >= 0.3 is 12.4 Å². The normalized spacial score (nSPS) is 23.0. The third kappa shape index (κ3) is 3.92. The topological polar surface area (TPSA) is 59.2 Å². The zero-order valence-electron chi connectivity index (χ0n) is 11.7. The van der Waals surface area contributed by atoms with Crippen molar-refractivity contribution in [2.24, 2.45) is 5.73 Å². The van der Waals surface area contributed by atoms with Gasteiger partial charge in [-0.1, -0.05) is 0 Å². The molecule has 0 bridgehead atoms. The van der Waals surface area contributed by atoms with Crippen LogP contribution >= 0.6 is 0 Å². The van der Waals surface area contributed by atoms with E-state index >= 15 is 0 Å². The zero-order valence-corrected chi connectivity index (χ0v) is 11.7. The van der Waals surface area contributed by atoms with Gasteiger partial charge in [-0.15, -0.1) is 0 Å². The highest BCUT2D eigenvalue weighted by molar-refractivity contribution is 5.94. The van der Waals surface area contributed by atoms with Crippen LogP contribution in [0.2, 0.25) is 0 Å². The maximum atomic E-state index is 13.0. The second-order valence-electron chi connectivity index (χ2n) is 5.28. The lowest BCUT2D eigenvalue weighted by atomic mass is 9.97. The summed E-state index contributed by atoms with van der Waals surface area (Å²) in [5, 5.41) is 0. The van der Waals surface area contributed by atoms with Crippen molar-refractivity contribution in [3.63, 3.8) is 0 Å². The number of pyridine rings is 1. The van der Waals surface area contributed by atoms with E-state index in [0.717, 1.165) is 6.07 Å². The second kappa shape index (κ2) is 5.99. The van der Waals surface area contributed by atoms with E-state index in [0.29, 0.717) is 17.2 Å². The molecule has 2 N–H and O–H groups in total. The molecule has 4 nitrogen and oxygen atoms in total. The summed E-state index contributed by atoms with van der Waals surface area (Å²) in [7, 11) is 0. The number of nitrogens with zero attached hydrogens (tertiary/aromatic N) is 2. The number of aromatic nitrogens is 1. The summed E-state index contributed by atoms with van der Waals surface area (Å²) in [5.41, 5.74) is 4.03. The van der Waals surface area contributed by atoms with E-state index in [1.165, 1.54) is 0 Å². The Kier molecular flexibility index (Phi) is 4.56. The van der Waals surface area contributed by atoms with Crippen LogP contribution in [0.5, 0.6) is 0 Å². The van der Waals surface area contributed by atoms with Gasteiger partial charge in [0.1, 0.15) is 11.7 Å². The van der Waals surface area contributed by atoms with E-state index < -0.39 is 36.0 Å². The number of carbonyl (C=O) groups excluding carboxylic acids is 1. The molecule has 1 aliphatic rings. The molecule has 1 fully saturated rings. The lowest BCUT2D eigenvalue weighted by Crippen LogP contribution is -2.56. The minimum Gasteiger partial charge on any atom is -0.326 e. The highest BCUT2D eigenvalue weighted by Crippen LogP contribution is 2.33.